The average Bonchev–Trinajstić information content (AvgIpc) is 2.67. The van der Waals surface area contributed by atoms with Crippen molar-refractivity contribution in [1.29, 1.82) is 0 Å². The maximum absolute atomic E-state index is 12.5. The molecular formula is C22H23NO2S. The molecule has 0 spiro atoms. The Bertz CT molecular complexity index is 945. The van der Waals surface area contributed by atoms with Gasteiger partial charge in [0.15, 0.2) is 0 Å². The molecule has 0 radical (unpaired) electrons. The largest absolute Gasteiger partial charge is 0.240 e. The number of nitrogens with one attached hydrogen (secondary N) is 1. The lowest BCUT2D eigenvalue weighted by Crippen LogP contribution is -2.23. The van der Waals surface area contributed by atoms with Crippen molar-refractivity contribution in [2.45, 2.75) is 31.2 Å². The Balaban J connectivity index is 1.70. The lowest BCUT2D eigenvalue weighted by Gasteiger charge is -2.10. The van der Waals surface area contributed by atoms with Gasteiger partial charge in [0.05, 0.1) is 4.90 Å². The second kappa shape index (κ2) is 7.85. The summed E-state index contributed by atoms with van der Waals surface area (Å²) in [5.41, 5.74) is 4.25. The Morgan fingerprint density at radius 2 is 1.35 bits per heavy atom. The molecule has 0 aliphatic rings. The van der Waals surface area contributed by atoms with Crippen molar-refractivity contribution >= 4 is 10.0 Å². The Kier molecular flexibility index (Phi) is 5.55. The number of rotatable bonds is 6. The van der Waals surface area contributed by atoms with Crippen LogP contribution in [0.25, 0.3) is 11.1 Å². The van der Waals surface area contributed by atoms with E-state index in [0.29, 0.717) is 5.92 Å². The van der Waals surface area contributed by atoms with Crippen LogP contribution in [-0.2, 0) is 16.6 Å². The van der Waals surface area contributed by atoms with Crippen molar-refractivity contribution in [3.8, 4) is 11.1 Å². The molecule has 26 heavy (non-hydrogen) atoms. The van der Waals surface area contributed by atoms with Crippen molar-refractivity contribution < 1.29 is 8.42 Å². The van der Waals surface area contributed by atoms with Crippen LogP contribution in [0.2, 0.25) is 0 Å². The van der Waals surface area contributed by atoms with Crippen molar-refractivity contribution in [3.05, 3.63) is 90.0 Å². The molecule has 3 rings (SSSR count). The second-order valence-corrected chi connectivity index (χ2v) is 8.38. The zero-order valence-corrected chi connectivity index (χ0v) is 15.8. The van der Waals surface area contributed by atoms with Gasteiger partial charge >= 0.3 is 0 Å². The van der Waals surface area contributed by atoms with E-state index in [2.05, 4.69) is 18.6 Å². The zero-order chi connectivity index (χ0) is 18.6. The fraction of sp³-hybridized carbons (Fsp3) is 0.182. The van der Waals surface area contributed by atoms with Gasteiger partial charge in [-0.05, 0) is 40.3 Å². The quantitative estimate of drug-likeness (QED) is 0.671. The minimum Gasteiger partial charge on any atom is -0.207 e. The van der Waals surface area contributed by atoms with Gasteiger partial charge in [-0.25, -0.2) is 13.1 Å². The van der Waals surface area contributed by atoms with Crippen LogP contribution >= 0.6 is 0 Å². The summed E-state index contributed by atoms with van der Waals surface area (Å²) in [6.45, 7) is 4.55. The van der Waals surface area contributed by atoms with Crippen LogP contribution in [0.15, 0.2) is 83.8 Å². The average molecular weight is 365 g/mol. The minimum atomic E-state index is -3.53. The highest BCUT2D eigenvalue weighted by atomic mass is 32.2. The van der Waals surface area contributed by atoms with Gasteiger partial charge in [-0.15, -0.1) is 0 Å². The molecule has 0 aliphatic heterocycles. The van der Waals surface area contributed by atoms with Crippen LogP contribution < -0.4 is 4.72 Å². The van der Waals surface area contributed by atoms with Gasteiger partial charge in [0, 0.05) is 6.54 Å². The predicted octanol–water partition coefficient (Wildman–Crippen LogP) is 4.96. The molecule has 0 fully saturated rings. The van der Waals surface area contributed by atoms with Crippen LogP contribution in [0.4, 0.5) is 0 Å². The van der Waals surface area contributed by atoms with Crippen molar-refractivity contribution in [3.63, 3.8) is 0 Å². The summed E-state index contributed by atoms with van der Waals surface area (Å²) < 4.78 is 27.7. The SMILES string of the molecule is CC(C)c1ccc(CNS(=O)(=O)c2ccc(-c3ccccc3)cc2)cc1. The van der Waals surface area contributed by atoms with Crippen LogP contribution in [0, 0.1) is 0 Å². The van der Waals surface area contributed by atoms with E-state index >= 15 is 0 Å². The lowest BCUT2D eigenvalue weighted by molar-refractivity contribution is 0.581. The van der Waals surface area contributed by atoms with Crippen molar-refractivity contribution in [1.82, 2.24) is 4.72 Å². The molecule has 0 bridgehead atoms. The van der Waals surface area contributed by atoms with E-state index in [1.165, 1.54) is 5.56 Å². The Morgan fingerprint density at radius 3 is 1.92 bits per heavy atom. The first-order chi connectivity index (χ1) is 12.5. The van der Waals surface area contributed by atoms with E-state index in [1.807, 2.05) is 66.7 Å². The van der Waals surface area contributed by atoms with E-state index < -0.39 is 10.0 Å². The summed E-state index contributed by atoms with van der Waals surface area (Å²) in [6.07, 6.45) is 0. The number of benzene rings is 3. The molecule has 0 heterocycles. The van der Waals surface area contributed by atoms with Gasteiger partial charge in [-0.1, -0.05) is 80.6 Å². The van der Waals surface area contributed by atoms with Crippen LogP contribution in [0.1, 0.15) is 30.9 Å². The summed E-state index contributed by atoms with van der Waals surface area (Å²) in [4.78, 5) is 0.274. The summed E-state index contributed by atoms with van der Waals surface area (Å²) in [5.74, 6) is 0.462. The van der Waals surface area contributed by atoms with E-state index in [1.54, 1.807) is 12.1 Å². The van der Waals surface area contributed by atoms with Crippen LogP contribution in [0.5, 0.6) is 0 Å². The van der Waals surface area contributed by atoms with E-state index in [4.69, 9.17) is 0 Å². The first-order valence-corrected chi connectivity index (χ1v) is 10.2. The molecule has 3 aromatic carbocycles. The molecule has 0 unspecified atom stereocenters. The molecule has 0 atom stereocenters. The Labute approximate surface area is 155 Å². The highest BCUT2D eigenvalue weighted by molar-refractivity contribution is 7.89. The number of hydrogen-bond donors (Lipinski definition) is 1. The highest BCUT2D eigenvalue weighted by Crippen LogP contribution is 2.21. The van der Waals surface area contributed by atoms with Gasteiger partial charge in [-0.3, -0.25) is 0 Å². The predicted molar refractivity (Wildman–Crippen MR) is 106 cm³/mol. The molecule has 0 amide bonds. The first-order valence-electron chi connectivity index (χ1n) is 8.70. The second-order valence-electron chi connectivity index (χ2n) is 6.61. The fourth-order valence-corrected chi connectivity index (χ4v) is 3.76. The number of hydrogen-bond acceptors (Lipinski definition) is 2. The summed E-state index contributed by atoms with van der Waals surface area (Å²) in [6, 6.07) is 24.9. The maximum Gasteiger partial charge on any atom is 0.240 e. The van der Waals surface area contributed by atoms with Crippen molar-refractivity contribution in [2.75, 3.05) is 0 Å². The maximum atomic E-state index is 12.5. The van der Waals surface area contributed by atoms with Crippen LogP contribution in [0.3, 0.4) is 0 Å². The third kappa shape index (κ3) is 4.40. The van der Waals surface area contributed by atoms with Gasteiger partial charge in [0.2, 0.25) is 10.0 Å². The standard InChI is InChI=1S/C22H23NO2S/c1-17(2)19-10-8-18(9-11-19)16-23-26(24,25)22-14-12-21(13-15-22)20-6-4-3-5-7-20/h3-15,17,23H,16H2,1-2H3. The first kappa shape index (κ1) is 18.4. The highest BCUT2D eigenvalue weighted by Gasteiger charge is 2.13. The minimum absolute atomic E-state index is 0.274. The van der Waals surface area contributed by atoms with Gasteiger partial charge < -0.3 is 0 Å². The van der Waals surface area contributed by atoms with E-state index in [9.17, 15) is 8.42 Å². The van der Waals surface area contributed by atoms with Gasteiger partial charge in [0.1, 0.15) is 0 Å². The molecule has 3 nitrogen and oxygen atoms in total. The molecule has 0 saturated heterocycles. The Morgan fingerprint density at radius 1 is 0.769 bits per heavy atom. The van der Waals surface area contributed by atoms with Crippen molar-refractivity contribution in [2.24, 2.45) is 0 Å². The monoisotopic (exact) mass is 365 g/mol. The van der Waals surface area contributed by atoms with Gasteiger partial charge in [-0.2, -0.15) is 0 Å². The number of sulfonamides is 1. The summed E-state index contributed by atoms with van der Waals surface area (Å²) in [7, 11) is -3.53. The molecule has 0 aromatic heterocycles. The molecule has 4 heteroatoms. The van der Waals surface area contributed by atoms with Crippen LogP contribution in [-0.4, -0.2) is 8.42 Å². The molecule has 134 valence electrons. The molecule has 0 saturated carbocycles. The zero-order valence-electron chi connectivity index (χ0n) is 15.0. The fourth-order valence-electron chi connectivity index (χ4n) is 2.74. The molecular weight excluding hydrogens is 342 g/mol. The molecule has 3 aromatic rings. The molecule has 1 N–H and O–H groups in total. The third-order valence-electron chi connectivity index (χ3n) is 4.38. The normalized spacial score (nSPS) is 11.7. The van der Waals surface area contributed by atoms with E-state index in [0.717, 1.165) is 16.7 Å². The smallest absolute Gasteiger partial charge is 0.207 e. The Hall–Kier alpha value is -2.43. The van der Waals surface area contributed by atoms with Gasteiger partial charge in [0.25, 0.3) is 0 Å². The summed E-state index contributed by atoms with van der Waals surface area (Å²) in [5, 5.41) is 0. The third-order valence-corrected chi connectivity index (χ3v) is 5.80. The molecule has 0 aliphatic carbocycles. The lowest BCUT2D eigenvalue weighted by atomic mass is 10.0. The summed E-state index contributed by atoms with van der Waals surface area (Å²) >= 11 is 0. The topological polar surface area (TPSA) is 46.2 Å². The van der Waals surface area contributed by atoms with E-state index in [-0.39, 0.29) is 11.4 Å².